The van der Waals surface area contributed by atoms with Crippen molar-refractivity contribution in [3.8, 4) is 0 Å². The third-order valence-corrected chi connectivity index (χ3v) is 6.39. The van der Waals surface area contributed by atoms with Crippen molar-refractivity contribution >= 4 is 15.9 Å². The van der Waals surface area contributed by atoms with E-state index in [-0.39, 0.29) is 23.1 Å². The molecule has 0 aromatic rings. The molecule has 0 aromatic carbocycles. The van der Waals surface area contributed by atoms with E-state index in [9.17, 15) is 13.2 Å². The summed E-state index contributed by atoms with van der Waals surface area (Å²) in [7, 11) is -2.90. The van der Waals surface area contributed by atoms with Gasteiger partial charge in [-0.1, -0.05) is 0 Å². The Morgan fingerprint density at radius 3 is 2.65 bits per heavy atom. The number of sulfone groups is 1. The Bertz CT molecular complexity index is 541. The maximum Gasteiger partial charge on any atom is 0.410 e. The van der Waals surface area contributed by atoms with Crippen LogP contribution in [0.15, 0.2) is 0 Å². The van der Waals surface area contributed by atoms with E-state index >= 15 is 0 Å². The number of likely N-dealkylation sites (tertiary alicyclic amines) is 1. The van der Waals surface area contributed by atoms with Crippen LogP contribution >= 0.6 is 0 Å². The van der Waals surface area contributed by atoms with Crippen LogP contribution in [0.25, 0.3) is 0 Å². The van der Waals surface area contributed by atoms with Crippen molar-refractivity contribution in [1.82, 2.24) is 10.2 Å². The van der Waals surface area contributed by atoms with Gasteiger partial charge < -0.3 is 15.0 Å². The minimum absolute atomic E-state index is 0.211. The van der Waals surface area contributed by atoms with Gasteiger partial charge in [-0.3, -0.25) is 0 Å². The molecule has 23 heavy (non-hydrogen) atoms. The van der Waals surface area contributed by atoms with Crippen molar-refractivity contribution in [3.63, 3.8) is 0 Å². The summed E-state index contributed by atoms with van der Waals surface area (Å²) < 4.78 is 28.8. The molecule has 2 saturated heterocycles. The van der Waals surface area contributed by atoms with Gasteiger partial charge in [-0.25, -0.2) is 13.2 Å². The third-order valence-electron chi connectivity index (χ3n) is 4.49. The minimum Gasteiger partial charge on any atom is -0.444 e. The largest absolute Gasteiger partial charge is 0.444 e. The van der Waals surface area contributed by atoms with Crippen LogP contribution in [0.1, 0.15) is 47.0 Å². The highest BCUT2D eigenvalue weighted by molar-refractivity contribution is 7.91. The molecule has 0 saturated carbocycles. The molecule has 1 N–H and O–H groups in total. The van der Waals surface area contributed by atoms with E-state index in [0.29, 0.717) is 18.9 Å². The first-order valence-electron chi connectivity index (χ1n) is 8.41. The van der Waals surface area contributed by atoms with E-state index in [1.54, 1.807) is 4.90 Å². The summed E-state index contributed by atoms with van der Waals surface area (Å²) in [5.41, 5.74) is -0.805. The number of carbonyl (C=O) groups is 1. The zero-order valence-electron chi connectivity index (χ0n) is 14.7. The van der Waals surface area contributed by atoms with Gasteiger partial charge in [0.05, 0.1) is 11.5 Å². The maximum atomic E-state index is 12.2. The van der Waals surface area contributed by atoms with Crippen molar-refractivity contribution in [2.45, 2.75) is 58.1 Å². The fourth-order valence-electron chi connectivity index (χ4n) is 3.26. The molecule has 2 aliphatic heterocycles. The quantitative estimate of drug-likeness (QED) is 0.843. The Hall–Kier alpha value is -0.820. The van der Waals surface area contributed by atoms with Crippen molar-refractivity contribution in [2.75, 3.05) is 31.1 Å². The Balaban J connectivity index is 1.84. The SMILES string of the molecule is CC1(NCC2CCCN(C(=O)OC(C)(C)C)C2)CCS(=O)(=O)C1. The number of rotatable bonds is 3. The number of nitrogens with one attached hydrogen (secondary N) is 1. The lowest BCUT2D eigenvalue weighted by Crippen LogP contribution is -2.49. The van der Waals surface area contributed by atoms with Gasteiger partial charge in [0, 0.05) is 25.2 Å². The highest BCUT2D eigenvalue weighted by Gasteiger charge is 2.38. The summed E-state index contributed by atoms with van der Waals surface area (Å²) in [6.45, 7) is 9.74. The van der Waals surface area contributed by atoms with E-state index in [0.717, 1.165) is 25.9 Å². The van der Waals surface area contributed by atoms with Crippen LogP contribution in [0.5, 0.6) is 0 Å². The number of amides is 1. The number of ether oxygens (including phenoxy) is 1. The molecule has 2 unspecified atom stereocenters. The van der Waals surface area contributed by atoms with Crippen LogP contribution in [0.4, 0.5) is 4.79 Å². The highest BCUT2D eigenvalue weighted by atomic mass is 32.2. The van der Waals surface area contributed by atoms with E-state index in [1.807, 2.05) is 27.7 Å². The van der Waals surface area contributed by atoms with Gasteiger partial charge in [0.15, 0.2) is 9.84 Å². The van der Waals surface area contributed by atoms with Crippen molar-refractivity contribution in [1.29, 1.82) is 0 Å². The zero-order chi connectivity index (χ0) is 17.3. The molecular weight excluding hydrogens is 316 g/mol. The molecule has 7 heteroatoms. The lowest BCUT2D eigenvalue weighted by Gasteiger charge is -2.35. The van der Waals surface area contributed by atoms with Crippen molar-refractivity contribution in [2.24, 2.45) is 5.92 Å². The molecule has 0 bridgehead atoms. The molecule has 0 radical (unpaired) electrons. The maximum absolute atomic E-state index is 12.2. The molecule has 0 aliphatic carbocycles. The van der Waals surface area contributed by atoms with Crippen LogP contribution in [-0.4, -0.2) is 61.7 Å². The Kier molecular flexibility index (Phi) is 5.31. The number of nitrogens with zero attached hydrogens (tertiary/aromatic N) is 1. The summed E-state index contributed by atoms with van der Waals surface area (Å²) in [4.78, 5) is 13.9. The highest BCUT2D eigenvalue weighted by Crippen LogP contribution is 2.24. The molecule has 2 heterocycles. The first-order valence-corrected chi connectivity index (χ1v) is 10.2. The summed E-state index contributed by atoms with van der Waals surface area (Å²) in [5.74, 6) is 0.824. The number of hydrogen-bond acceptors (Lipinski definition) is 5. The Morgan fingerprint density at radius 2 is 2.09 bits per heavy atom. The second-order valence-corrected chi connectivity index (χ2v) is 10.4. The fourth-order valence-corrected chi connectivity index (χ4v) is 5.39. The first kappa shape index (κ1) is 18.5. The topological polar surface area (TPSA) is 75.7 Å². The van der Waals surface area contributed by atoms with E-state index < -0.39 is 15.4 Å². The van der Waals surface area contributed by atoms with Crippen LogP contribution in [0, 0.1) is 5.92 Å². The summed E-state index contributed by atoms with van der Waals surface area (Å²) in [6, 6.07) is 0. The van der Waals surface area contributed by atoms with Crippen molar-refractivity contribution < 1.29 is 17.9 Å². The Labute approximate surface area is 139 Å². The third kappa shape index (κ3) is 5.64. The lowest BCUT2D eigenvalue weighted by molar-refractivity contribution is 0.0164. The number of carbonyl (C=O) groups excluding carboxylic acids is 1. The average molecular weight is 346 g/mol. The molecule has 0 spiro atoms. The van der Waals surface area contributed by atoms with Gasteiger partial charge >= 0.3 is 6.09 Å². The fraction of sp³-hybridized carbons (Fsp3) is 0.938. The first-order chi connectivity index (χ1) is 10.5. The monoisotopic (exact) mass is 346 g/mol. The van der Waals surface area contributed by atoms with Crippen LogP contribution in [-0.2, 0) is 14.6 Å². The van der Waals surface area contributed by atoms with E-state index in [4.69, 9.17) is 4.74 Å². The van der Waals surface area contributed by atoms with Crippen LogP contribution in [0.2, 0.25) is 0 Å². The molecule has 2 aliphatic rings. The molecule has 0 aromatic heterocycles. The normalized spacial score (nSPS) is 31.1. The summed E-state index contributed by atoms with van der Waals surface area (Å²) in [5, 5.41) is 3.43. The van der Waals surface area contributed by atoms with Gasteiger partial charge in [-0.2, -0.15) is 0 Å². The molecule has 2 rings (SSSR count). The summed E-state index contributed by atoms with van der Waals surface area (Å²) in [6.07, 6.45) is 2.42. The molecule has 6 nitrogen and oxygen atoms in total. The van der Waals surface area contributed by atoms with E-state index in [2.05, 4.69) is 5.32 Å². The predicted octanol–water partition coefficient (Wildman–Crippen LogP) is 1.80. The average Bonchev–Trinajstić information content (AvgIpc) is 2.70. The van der Waals surface area contributed by atoms with Gasteiger partial charge in [-0.15, -0.1) is 0 Å². The minimum atomic E-state index is -2.90. The number of piperidine rings is 1. The van der Waals surface area contributed by atoms with Gasteiger partial charge in [0.2, 0.25) is 0 Å². The molecule has 134 valence electrons. The van der Waals surface area contributed by atoms with Gasteiger partial charge in [-0.05, 0) is 52.9 Å². The van der Waals surface area contributed by atoms with Crippen LogP contribution < -0.4 is 5.32 Å². The lowest BCUT2D eigenvalue weighted by atomic mass is 9.95. The van der Waals surface area contributed by atoms with Gasteiger partial charge in [0.25, 0.3) is 0 Å². The summed E-state index contributed by atoms with van der Waals surface area (Å²) >= 11 is 0. The number of hydrogen-bond donors (Lipinski definition) is 1. The zero-order valence-corrected chi connectivity index (χ0v) is 15.5. The standard InChI is InChI=1S/C16H30N2O4S/c1-15(2,3)22-14(19)18-8-5-6-13(11-18)10-17-16(4)7-9-23(20,21)12-16/h13,17H,5-12H2,1-4H3. The van der Waals surface area contributed by atoms with Gasteiger partial charge in [0.1, 0.15) is 5.60 Å². The second kappa shape index (κ2) is 6.59. The van der Waals surface area contributed by atoms with Crippen molar-refractivity contribution in [3.05, 3.63) is 0 Å². The molecular formula is C16H30N2O4S. The Morgan fingerprint density at radius 1 is 1.39 bits per heavy atom. The molecule has 1 amide bonds. The van der Waals surface area contributed by atoms with E-state index in [1.165, 1.54) is 0 Å². The van der Waals surface area contributed by atoms with Crippen LogP contribution in [0.3, 0.4) is 0 Å². The molecule has 2 fully saturated rings. The smallest absolute Gasteiger partial charge is 0.410 e. The molecule has 2 atom stereocenters. The predicted molar refractivity (Wildman–Crippen MR) is 90.2 cm³/mol. The second-order valence-electron chi connectivity index (χ2n) is 8.22.